The number of aromatic nitrogens is 4. The summed E-state index contributed by atoms with van der Waals surface area (Å²) in [5.74, 6) is 0.830. The number of aromatic amines is 1. The van der Waals surface area contributed by atoms with Gasteiger partial charge in [-0.2, -0.15) is 4.98 Å². The van der Waals surface area contributed by atoms with E-state index in [0.29, 0.717) is 29.5 Å². The molecule has 1 saturated heterocycles. The molecule has 1 aliphatic heterocycles. The number of likely N-dealkylation sites (tertiary alicyclic amines) is 1. The molecule has 2 aromatic heterocycles. The van der Waals surface area contributed by atoms with Gasteiger partial charge < -0.3 is 9.51 Å². The number of rotatable bonds is 4. The monoisotopic (exact) mass is 355 g/mol. The van der Waals surface area contributed by atoms with E-state index < -0.39 is 0 Å². The lowest BCUT2D eigenvalue weighted by Crippen LogP contribution is -2.34. The maximum Gasteiger partial charge on any atom is 0.270 e. The van der Waals surface area contributed by atoms with Crippen molar-refractivity contribution in [2.45, 2.75) is 25.3 Å². The van der Waals surface area contributed by atoms with Gasteiger partial charge in [0.1, 0.15) is 11.5 Å². The van der Waals surface area contributed by atoms with Gasteiger partial charge in [0.25, 0.3) is 5.56 Å². The molecule has 1 aliphatic rings. The Morgan fingerprint density at radius 2 is 2.15 bits per heavy atom. The van der Waals surface area contributed by atoms with E-state index in [4.69, 9.17) is 4.52 Å². The highest BCUT2D eigenvalue weighted by atomic mass is 19.1. The molecule has 0 bridgehead atoms. The van der Waals surface area contributed by atoms with Gasteiger partial charge in [-0.3, -0.25) is 14.7 Å². The maximum atomic E-state index is 13.3. The normalized spacial score (nSPS) is 16.0. The van der Waals surface area contributed by atoms with Gasteiger partial charge in [-0.25, -0.2) is 4.39 Å². The fourth-order valence-corrected chi connectivity index (χ4v) is 3.19. The smallest absolute Gasteiger partial charge is 0.270 e. The second kappa shape index (κ2) is 7.17. The number of H-pyrrole nitrogens is 1. The number of benzene rings is 1. The van der Waals surface area contributed by atoms with Crippen molar-refractivity contribution >= 4 is 0 Å². The van der Waals surface area contributed by atoms with Crippen LogP contribution in [-0.4, -0.2) is 38.1 Å². The number of piperidine rings is 1. The third-order valence-corrected chi connectivity index (χ3v) is 4.62. The highest BCUT2D eigenvalue weighted by Crippen LogP contribution is 2.29. The molecule has 4 rings (SSSR count). The molecule has 7 nitrogen and oxygen atoms in total. The predicted octanol–water partition coefficient (Wildman–Crippen LogP) is 2.34. The standard InChI is InChI=1S/C18H18FN5O2/c19-14-3-1-2-13(10-14)16-22-18(26-23-16)12-4-8-24(9-5-12)11-15-17(25)21-7-6-20-15/h1-3,6-7,10,12H,4-5,8-9,11H2,(H,21,25). The van der Waals surface area contributed by atoms with Crippen LogP contribution in [0.5, 0.6) is 0 Å². The zero-order chi connectivity index (χ0) is 17.9. The molecule has 0 amide bonds. The molecule has 26 heavy (non-hydrogen) atoms. The summed E-state index contributed by atoms with van der Waals surface area (Å²) in [6.07, 6.45) is 4.84. The van der Waals surface area contributed by atoms with E-state index in [9.17, 15) is 9.18 Å². The second-order valence-electron chi connectivity index (χ2n) is 6.38. The van der Waals surface area contributed by atoms with Gasteiger partial charge in [-0.05, 0) is 38.1 Å². The molecular formula is C18H18FN5O2. The van der Waals surface area contributed by atoms with Crippen molar-refractivity contribution in [2.24, 2.45) is 0 Å². The highest BCUT2D eigenvalue weighted by molar-refractivity contribution is 5.53. The van der Waals surface area contributed by atoms with Gasteiger partial charge in [0.05, 0.1) is 0 Å². The summed E-state index contributed by atoms with van der Waals surface area (Å²) in [5, 5.41) is 3.98. The van der Waals surface area contributed by atoms with E-state index in [-0.39, 0.29) is 17.3 Å². The summed E-state index contributed by atoms with van der Waals surface area (Å²) >= 11 is 0. The third-order valence-electron chi connectivity index (χ3n) is 4.62. The highest BCUT2D eigenvalue weighted by Gasteiger charge is 2.26. The molecule has 0 spiro atoms. The molecule has 8 heteroatoms. The first kappa shape index (κ1) is 16.6. The van der Waals surface area contributed by atoms with Crippen LogP contribution < -0.4 is 5.56 Å². The van der Waals surface area contributed by atoms with Gasteiger partial charge in [-0.1, -0.05) is 17.3 Å². The van der Waals surface area contributed by atoms with E-state index >= 15 is 0 Å². The number of hydrogen-bond acceptors (Lipinski definition) is 6. The SMILES string of the molecule is O=c1[nH]ccnc1CN1CCC(c2nc(-c3cccc(F)c3)no2)CC1. The maximum absolute atomic E-state index is 13.3. The number of nitrogens with one attached hydrogen (secondary N) is 1. The van der Waals surface area contributed by atoms with Crippen molar-refractivity contribution in [1.29, 1.82) is 0 Å². The molecule has 0 radical (unpaired) electrons. The Balaban J connectivity index is 1.39. The number of nitrogens with zero attached hydrogens (tertiary/aromatic N) is 4. The molecule has 1 fully saturated rings. The lowest BCUT2D eigenvalue weighted by Gasteiger charge is -2.29. The summed E-state index contributed by atoms with van der Waals surface area (Å²) < 4.78 is 18.7. The third kappa shape index (κ3) is 3.55. The van der Waals surface area contributed by atoms with Crippen LogP contribution in [0.1, 0.15) is 30.3 Å². The zero-order valence-corrected chi connectivity index (χ0v) is 14.1. The Morgan fingerprint density at radius 3 is 2.92 bits per heavy atom. The lowest BCUT2D eigenvalue weighted by molar-refractivity contribution is 0.185. The largest absolute Gasteiger partial charge is 0.339 e. The van der Waals surface area contributed by atoms with Crippen LogP contribution >= 0.6 is 0 Å². The molecule has 0 saturated carbocycles. The van der Waals surface area contributed by atoms with Crippen LogP contribution in [0, 0.1) is 5.82 Å². The minimum absolute atomic E-state index is 0.147. The van der Waals surface area contributed by atoms with Crippen LogP contribution in [0.4, 0.5) is 4.39 Å². The average Bonchev–Trinajstić information content (AvgIpc) is 3.14. The Labute approximate surface area is 148 Å². The van der Waals surface area contributed by atoms with Gasteiger partial charge in [0.2, 0.25) is 11.7 Å². The first-order valence-corrected chi connectivity index (χ1v) is 8.53. The molecule has 0 atom stereocenters. The van der Waals surface area contributed by atoms with Crippen molar-refractivity contribution in [3.63, 3.8) is 0 Å². The molecule has 1 N–H and O–H groups in total. The molecule has 134 valence electrons. The summed E-state index contributed by atoms with van der Waals surface area (Å²) in [7, 11) is 0. The Bertz CT molecular complexity index is 946. The van der Waals surface area contributed by atoms with E-state index in [0.717, 1.165) is 25.9 Å². The number of hydrogen-bond donors (Lipinski definition) is 1. The van der Waals surface area contributed by atoms with Crippen molar-refractivity contribution in [2.75, 3.05) is 13.1 Å². The van der Waals surface area contributed by atoms with Gasteiger partial charge in [0, 0.05) is 30.4 Å². The zero-order valence-electron chi connectivity index (χ0n) is 14.1. The van der Waals surface area contributed by atoms with Crippen molar-refractivity contribution < 1.29 is 8.91 Å². The van der Waals surface area contributed by atoms with Gasteiger partial charge in [0.15, 0.2) is 0 Å². The molecule has 3 aromatic rings. The number of halogens is 1. The van der Waals surface area contributed by atoms with Crippen molar-refractivity contribution in [3.05, 3.63) is 64.4 Å². The van der Waals surface area contributed by atoms with Crippen LogP contribution in [0.25, 0.3) is 11.4 Å². The molecule has 0 unspecified atom stereocenters. The topological polar surface area (TPSA) is 87.9 Å². The molecular weight excluding hydrogens is 337 g/mol. The predicted molar refractivity (Wildman–Crippen MR) is 91.8 cm³/mol. The van der Waals surface area contributed by atoms with E-state index in [2.05, 4.69) is 25.0 Å². The first-order chi connectivity index (χ1) is 12.7. The summed E-state index contributed by atoms with van der Waals surface area (Å²) in [6, 6.07) is 6.15. The Hall–Kier alpha value is -2.87. The van der Waals surface area contributed by atoms with Crippen LogP contribution in [0.15, 0.2) is 46.0 Å². The summed E-state index contributed by atoms with van der Waals surface area (Å²) in [5.41, 5.74) is 0.982. The van der Waals surface area contributed by atoms with E-state index in [1.165, 1.54) is 18.3 Å². The fraction of sp³-hybridized carbons (Fsp3) is 0.333. The molecule has 1 aromatic carbocycles. The Morgan fingerprint density at radius 1 is 1.31 bits per heavy atom. The van der Waals surface area contributed by atoms with Gasteiger partial charge in [-0.15, -0.1) is 0 Å². The van der Waals surface area contributed by atoms with Gasteiger partial charge >= 0.3 is 0 Å². The first-order valence-electron chi connectivity index (χ1n) is 8.53. The summed E-state index contributed by atoms with van der Waals surface area (Å²) in [6.45, 7) is 2.16. The van der Waals surface area contributed by atoms with Crippen molar-refractivity contribution in [3.8, 4) is 11.4 Å². The quantitative estimate of drug-likeness (QED) is 0.773. The molecule has 3 heterocycles. The fourth-order valence-electron chi connectivity index (χ4n) is 3.19. The van der Waals surface area contributed by atoms with E-state index in [1.54, 1.807) is 18.3 Å². The van der Waals surface area contributed by atoms with Crippen LogP contribution in [0.3, 0.4) is 0 Å². The van der Waals surface area contributed by atoms with Crippen molar-refractivity contribution in [1.82, 2.24) is 25.0 Å². The minimum atomic E-state index is -0.327. The van der Waals surface area contributed by atoms with E-state index in [1.807, 2.05) is 0 Å². The van der Waals surface area contributed by atoms with Crippen LogP contribution in [-0.2, 0) is 6.54 Å². The average molecular weight is 355 g/mol. The lowest BCUT2D eigenvalue weighted by atomic mass is 9.96. The van der Waals surface area contributed by atoms with Crippen LogP contribution in [0.2, 0.25) is 0 Å². The minimum Gasteiger partial charge on any atom is -0.339 e. The molecule has 0 aliphatic carbocycles. The summed E-state index contributed by atoms with van der Waals surface area (Å²) in [4.78, 5) is 25.1. The Kier molecular flexibility index (Phi) is 4.57. The second-order valence-corrected chi connectivity index (χ2v) is 6.38.